The Labute approximate surface area is 408 Å². The highest BCUT2D eigenvalue weighted by molar-refractivity contribution is 6.00. The van der Waals surface area contributed by atoms with Crippen LogP contribution < -0.4 is 52.7 Å². The van der Waals surface area contributed by atoms with Crippen molar-refractivity contribution < 1.29 is 38.2 Å². The Morgan fingerprint density at radius 3 is 2.14 bits per heavy atom. The first-order valence-electron chi connectivity index (χ1n) is 23.8. The second kappa shape index (κ2) is 23.9. The van der Waals surface area contributed by atoms with Crippen molar-refractivity contribution in [1.82, 2.24) is 36.1 Å². The van der Waals surface area contributed by atoms with Gasteiger partial charge in [0, 0.05) is 43.2 Å². The number of unbranched alkanes of at least 4 members (excludes halogenated alkanes) is 1. The Hall–Kier alpha value is -7.14. The van der Waals surface area contributed by atoms with Crippen molar-refractivity contribution in [2.75, 3.05) is 46.4 Å². The summed E-state index contributed by atoms with van der Waals surface area (Å²) in [5.74, 6) is -1.40. The van der Waals surface area contributed by atoms with Crippen molar-refractivity contribution in [3.05, 3.63) is 88.7 Å². The second-order valence-corrected chi connectivity index (χ2v) is 17.7. The van der Waals surface area contributed by atoms with Crippen LogP contribution in [0.25, 0.3) is 22.5 Å². The summed E-state index contributed by atoms with van der Waals surface area (Å²) >= 11 is 0. The molecule has 0 spiro atoms. The fraction of sp³-hybridized carbons (Fsp3) is 0.451. The van der Waals surface area contributed by atoms with Gasteiger partial charge in [-0.2, -0.15) is 5.26 Å². The van der Waals surface area contributed by atoms with Crippen LogP contribution in [0.3, 0.4) is 0 Å². The molecule has 19 nitrogen and oxygen atoms in total. The molecule has 3 aromatic carbocycles. The molecule has 0 saturated heterocycles. The van der Waals surface area contributed by atoms with E-state index in [0.29, 0.717) is 51.0 Å². The van der Waals surface area contributed by atoms with Gasteiger partial charge in [0.05, 0.1) is 23.0 Å². The van der Waals surface area contributed by atoms with Crippen LogP contribution in [0.4, 0.5) is 0 Å². The minimum Gasteiger partial charge on any atom is -0.492 e. The van der Waals surface area contributed by atoms with Crippen molar-refractivity contribution in [3.63, 3.8) is 0 Å². The molecule has 1 aromatic heterocycles. The first-order valence-corrected chi connectivity index (χ1v) is 23.8. The topological polar surface area (TPSA) is 292 Å². The van der Waals surface area contributed by atoms with Gasteiger partial charge in [0.25, 0.3) is 5.91 Å². The summed E-state index contributed by atoms with van der Waals surface area (Å²) in [5, 5.41) is 20.0. The van der Waals surface area contributed by atoms with Gasteiger partial charge in [-0.05, 0) is 119 Å². The van der Waals surface area contributed by atoms with Gasteiger partial charge in [-0.25, -0.2) is 9.97 Å². The van der Waals surface area contributed by atoms with E-state index in [2.05, 4.69) is 38.2 Å². The monoisotopic (exact) mass is 960 g/mol. The third-order valence-electron chi connectivity index (χ3n) is 12.4. The highest BCUT2D eigenvalue weighted by Crippen LogP contribution is 2.45. The maximum atomic E-state index is 14.8. The molecule has 1 fully saturated rings. The fourth-order valence-corrected chi connectivity index (χ4v) is 8.50. The van der Waals surface area contributed by atoms with E-state index in [1.165, 1.54) is 18.9 Å². The number of amides is 5. The van der Waals surface area contributed by atoms with Crippen molar-refractivity contribution in [2.24, 2.45) is 17.2 Å². The summed E-state index contributed by atoms with van der Waals surface area (Å²) in [4.78, 5) is 81.3. The van der Waals surface area contributed by atoms with Crippen molar-refractivity contribution in [3.8, 4) is 45.8 Å². The number of hydrogen-bond acceptors (Lipinski definition) is 14. The average molecular weight is 960 g/mol. The van der Waals surface area contributed by atoms with Crippen LogP contribution in [0.15, 0.2) is 60.7 Å². The van der Waals surface area contributed by atoms with E-state index in [1.54, 1.807) is 50.2 Å². The minimum atomic E-state index is -1.41. The first kappa shape index (κ1) is 52.2. The van der Waals surface area contributed by atoms with Crippen LogP contribution >= 0.6 is 0 Å². The number of nitriles is 1. The van der Waals surface area contributed by atoms with Crippen molar-refractivity contribution >= 4 is 29.5 Å². The van der Waals surface area contributed by atoms with Crippen LogP contribution in [-0.2, 0) is 25.6 Å². The maximum absolute atomic E-state index is 14.8. The van der Waals surface area contributed by atoms with Crippen LogP contribution in [0.2, 0.25) is 0 Å². The highest BCUT2D eigenvalue weighted by atomic mass is 16.5. The quantitative estimate of drug-likeness (QED) is 0.0627. The normalized spacial score (nSPS) is 17.6. The average Bonchev–Trinajstić information content (AvgIpc) is 4.11. The van der Waals surface area contributed by atoms with Crippen LogP contribution in [0, 0.1) is 25.2 Å². The molecule has 2 aliphatic rings. The molecule has 372 valence electrons. The number of rotatable bonds is 20. The molecule has 70 heavy (non-hydrogen) atoms. The lowest BCUT2D eigenvalue weighted by atomic mass is 9.93. The zero-order chi connectivity index (χ0) is 50.5. The molecule has 4 atom stereocenters. The summed E-state index contributed by atoms with van der Waals surface area (Å²) in [7, 11) is 1.42. The molecular formula is C51H65N11O8. The molecular weight excluding hydrogens is 895 g/mol. The fourth-order valence-electron chi connectivity index (χ4n) is 8.50. The number of benzene rings is 3. The summed E-state index contributed by atoms with van der Waals surface area (Å²) in [6.45, 7) is 7.35. The number of aryl methyl sites for hydroxylation is 2. The predicted molar refractivity (Wildman–Crippen MR) is 262 cm³/mol. The molecule has 19 heteroatoms. The number of nitrogens with zero attached hydrogens (tertiary/aromatic N) is 4. The standard InChI is InChI=1S/C51H65N11O8/c1-6-7-17-51(18-19-51)70-36-12-9-34(10-13-36)45-57-30(2)43(31(3)58-45)48(65)60-39(16-20-52)50(67)62(5)44-35-11-15-42(69-26-23-55)38(29-35)37-27-33(8-14-41(37)68-25-22-54)28-40(47(64)56-24-21-53)61-46(63)32(4)59-49(44)66/h8-15,27,29,32,39-40,44H,6-7,16-20,22-26,28,52,54-55H2,1-5H3,(H,56,64)(H,59,66)(H,60,65)(H,61,63)/t32-,39?,40-,44-/m0/s1. The third-order valence-corrected chi connectivity index (χ3v) is 12.4. The Morgan fingerprint density at radius 1 is 0.900 bits per heavy atom. The van der Waals surface area contributed by atoms with Crippen molar-refractivity contribution in [2.45, 2.75) is 102 Å². The number of aromatic nitrogens is 2. The summed E-state index contributed by atoms with van der Waals surface area (Å²) in [6, 6.07) is 14.6. The van der Waals surface area contributed by atoms with Gasteiger partial charge in [0.1, 0.15) is 66.8 Å². The van der Waals surface area contributed by atoms with E-state index < -0.39 is 53.7 Å². The lowest BCUT2D eigenvalue weighted by Gasteiger charge is -2.32. The van der Waals surface area contributed by atoms with E-state index in [1.807, 2.05) is 30.3 Å². The lowest BCUT2D eigenvalue weighted by molar-refractivity contribution is -0.141. The molecule has 4 aromatic rings. The number of nitrogens with one attached hydrogen (secondary N) is 4. The van der Waals surface area contributed by atoms with Gasteiger partial charge in [-0.15, -0.1) is 0 Å². The lowest BCUT2D eigenvalue weighted by Crippen LogP contribution is -2.56. The number of carbonyl (C=O) groups is 5. The smallest absolute Gasteiger partial charge is 0.255 e. The Kier molecular flexibility index (Phi) is 17.9. The Bertz CT molecular complexity index is 2560. The molecule has 4 bridgehead atoms. The van der Waals surface area contributed by atoms with Gasteiger partial charge in [-0.3, -0.25) is 24.0 Å². The Balaban J connectivity index is 1.33. The number of ether oxygens (including phenoxy) is 3. The SMILES string of the molecule is CCCCC1(Oc2ccc(-c3nc(C)c(C(=O)NC(CCN)C(=O)N(C)[C@@H]4C(=O)N[C@@H](C)C(=O)N[C@H](C(=O)NCC#N)Cc5ccc(OCCN)c(c5)-c5cc4ccc5OCCN)c(C)n3)cc2)CC1. The number of hydrogen-bond donors (Lipinski definition) is 7. The Morgan fingerprint density at radius 2 is 1.54 bits per heavy atom. The molecule has 1 aliphatic heterocycles. The number of likely N-dealkylation sites (N-methyl/N-ethyl adjacent to an activating group) is 1. The van der Waals surface area contributed by atoms with E-state index >= 15 is 0 Å². The van der Waals surface area contributed by atoms with E-state index in [4.69, 9.17) is 31.4 Å². The van der Waals surface area contributed by atoms with Gasteiger partial charge in [0.15, 0.2) is 5.82 Å². The van der Waals surface area contributed by atoms with Crippen LogP contribution in [0.1, 0.15) is 91.3 Å². The molecule has 6 rings (SSSR count). The van der Waals surface area contributed by atoms with Crippen molar-refractivity contribution in [1.29, 1.82) is 5.26 Å². The minimum absolute atomic E-state index is 0.000634. The highest BCUT2D eigenvalue weighted by Gasteiger charge is 2.44. The molecule has 2 heterocycles. The van der Waals surface area contributed by atoms with E-state index in [0.717, 1.165) is 43.4 Å². The van der Waals surface area contributed by atoms with Gasteiger partial charge in [-0.1, -0.05) is 25.5 Å². The zero-order valence-electron chi connectivity index (χ0n) is 40.6. The van der Waals surface area contributed by atoms with E-state index in [-0.39, 0.29) is 63.4 Å². The third kappa shape index (κ3) is 12.7. The first-order chi connectivity index (χ1) is 33.7. The number of nitrogens with two attached hydrogens (primary N) is 3. The summed E-state index contributed by atoms with van der Waals surface area (Å²) in [5.41, 5.74) is 21.2. The second-order valence-electron chi connectivity index (χ2n) is 17.7. The molecule has 5 amide bonds. The predicted octanol–water partition coefficient (Wildman–Crippen LogP) is 3.04. The number of fused-ring (bicyclic) bond motifs is 5. The summed E-state index contributed by atoms with van der Waals surface area (Å²) in [6.07, 6.45) is 5.34. The van der Waals surface area contributed by atoms with Gasteiger partial charge in [0.2, 0.25) is 23.6 Å². The summed E-state index contributed by atoms with van der Waals surface area (Å²) < 4.78 is 18.6. The van der Waals surface area contributed by atoms with E-state index in [9.17, 15) is 29.2 Å². The maximum Gasteiger partial charge on any atom is 0.255 e. The molecule has 0 radical (unpaired) electrons. The molecule has 1 aliphatic carbocycles. The molecule has 10 N–H and O–H groups in total. The molecule has 1 saturated carbocycles. The van der Waals surface area contributed by atoms with Gasteiger partial charge >= 0.3 is 0 Å². The largest absolute Gasteiger partial charge is 0.492 e. The van der Waals surface area contributed by atoms with Gasteiger partial charge < -0.3 is 57.6 Å². The van der Waals surface area contributed by atoms with Crippen LogP contribution in [0.5, 0.6) is 17.2 Å². The molecule has 1 unspecified atom stereocenters. The zero-order valence-corrected chi connectivity index (χ0v) is 40.6. The number of carbonyl (C=O) groups excluding carboxylic acids is 5. The van der Waals surface area contributed by atoms with Crippen LogP contribution in [-0.4, -0.2) is 115 Å².